The molecule has 0 saturated carbocycles. The van der Waals surface area contributed by atoms with Gasteiger partial charge in [0.2, 0.25) is 0 Å². The number of ether oxygens (including phenoxy) is 1. The van der Waals surface area contributed by atoms with Gasteiger partial charge in [-0.3, -0.25) is 4.98 Å². The summed E-state index contributed by atoms with van der Waals surface area (Å²) in [4.78, 5) is 3.93. The van der Waals surface area contributed by atoms with Crippen LogP contribution in [0.25, 0.3) is 11.1 Å². The van der Waals surface area contributed by atoms with Gasteiger partial charge in [0.05, 0.1) is 11.8 Å². The molecule has 2 aromatic rings. The standard InChI is InChI=1S/C20H24FN3O/c1-13(2)9-20(4,23)12-25-19-6-5-15(8-16(19)10-22)17-7-14(3)24-11-18(17)21/h5-8,11,13H,9,12,23H2,1-4H3/t20-/m0/s1. The smallest absolute Gasteiger partial charge is 0.149 e. The molecule has 1 aromatic heterocycles. The average Bonchev–Trinajstić information content (AvgIpc) is 2.54. The molecule has 0 aliphatic heterocycles. The zero-order chi connectivity index (χ0) is 18.6. The minimum Gasteiger partial charge on any atom is -0.490 e. The Hall–Kier alpha value is -2.45. The maximum absolute atomic E-state index is 14.0. The molecular weight excluding hydrogens is 317 g/mol. The molecule has 0 aliphatic carbocycles. The van der Waals surface area contributed by atoms with Gasteiger partial charge in [-0.2, -0.15) is 5.26 Å². The molecule has 4 nitrogen and oxygen atoms in total. The van der Waals surface area contributed by atoms with Gasteiger partial charge in [0, 0.05) is 16.8 Å². The minimum atomic E-state index is -0.478. The van der Waals surface area contributed by atoms with Crippen molar-refractivity contribution < 1.29 is 9.13 Å². The summed E-state index contributed by atoms with van der Waals surface area (Å²) >= 11 is 0. The maximum Gasteiger partial charge on any atom is 0.149 e. The van der Waals surface area contributed by atoms with Gasteiger partial charge in [0.15, 0.2) is 0 Å². The summed E-state index contributed by atoms with van der Waals surface area (Å²) < 4.78 is 19.8. The highest BCUT2D eigenvalue weighted by Gasteiger charge is 2.22. The number of hydrogen-bond acceptors (Lipinski definition) is 4. The molecule has 0 aliphatic rings. The monoisotopic (exact) mass is 341 g/mol. The first-order valence-corrected chi connectivity index (χ1v) is 8.30. The van der Waals surface area contributed by atoms with Gasteiger partial charge >= 0.3 is 0 Å². The Labute approximate surface area is 148 Å². The average molecular weight is 341 g/mol. The molecule has 0 bridgehead atoms. The highest BCUT2D eigenvalue weighted by Crippen LogP contribution is 2.29. The Morgan fingerprint density at radius 3 is 2.72 bits per heavy atom. The Bertz CT molecular complexity index is 794. The van der Waals surface area contributed by atoms with E-state index in [2.05, 4.69) is 24.9 Å². The molecule has 2 N–H and O–H groups in total. The van der Waals surface area contributed by atoms with E-state index in [-0.39, 0.29) is 0 Å². The number of aromatic nitrogens is 1. The first-order chi connectivity index (χ1) is 11.7. The van der Waals surface area contributed by atoms with E-state index in [1.165, 1.54) is 6.20 Å². The van der Waals surface area contributed by atoms with Crippen molar-refractivity contribution in [1.29, 1.82) is 5.26 Å². The molecule has 0 fully saturated rings. The van der Waals surface area contributed by atoms with Crippen LogP contribution >= 0.6 is 0 Å². The van der Waals surface area contributed by atoms with Crippen LogP contribution in [0.4, 0.5) is 4.39 Å². The molecule has 25 heavy (non-hydrogen) atoms. The van der Waals surface area contributed by atoms with Crippen LogP contribution in [-0.4, -0.2) is 17.1 Å². The molecule has 0 unspecified atom stereocenters. The second kappa shape index (κ2) is 7.62. The number of nitriles is 1. The molecule has 5 heteroatoms. The summed E-state index contributed by atoms with van der Waals surface area (Å²) in [7, 11) is 0. The Morgan fingerprint density at radius 2 is 2.08 bits per heavy atom. The van der Waals surface area contributed by atoms with Gasteiger partial charge in [-0.05, 0) is 49.9 Å². The number of benzene rings is 1. The van der Waals surface area contributed by atoms with E-state index < -0.39 is 11.4 Å². The largest absolute Gasteiger partial charge is 0.490 e. The van der Waals surface area contributed by atoms with Gasteiger partial charge in [0.1, 0.15) is 24.2 Å². The molecule has 1 aromatic carbocycles. The zero-order valence-electron chi connectivity index (χ0n) is 15.1. The fourth-order valence-corrected chi connectivity index (χ4v) is 2.91. The number of aryl methyl sites for hydroxylation is 1. The maximum atomic E-state index is 14.0. The second-order valence-corrected chi connectivity index (χ2v) is 7.17. The summed E-state index contributed by atoms with van der Waals surface area (Å²) in [5, 5.41) is 9.42. The van der Waals surface area contributed by atoms with Crippen molar-refractivity contribution in [3.63, 3.8) is 0 Å². The molecule has 0 radical (unpaired) electrons. The summed E-state index contributed by atoms with van der Waals surface area (Å²) in [6, 6.07) is 8.83. The number of nitrogens with two attached hydrogens (primary N) is 1. The van der Waals surface area contributed by atoms with Gasteiger partial charge in [-0.1, -0.05) is 19.9 Å². The Kier molecular flexibility index (Phi) is 5.76. The van der Waals surface area contributed by atoms with E-state index in [4.69, 9.17) is 10.5 Å². The zero-order valence-corrected chi connectivity index (χ0v) is 15.1. The van der Waals surface area contributed by atoms with Crippen LogP contribution in [0.15, 0.2) is 30.5 Å². The molecule has 0 amide bonds. The molecule has 0 spiro atoms. The fraction of sp³-hybridized carbons (Fsp3) is 0.400. The first-order valence-electron chi connectivity index (χ1n) is 8.30. The normalized spacial score (nSPS) is 13.4. The fourth-order valence-electron chi connectivity index (χ4n) is 2.91. The molecular formula is C20H24FN3O. The van der Waals surface area contributed by atoms with Crippen LogP contribution in [0, 0.1) is 30.0 Å². The lowest BCUT2D eigenvalue weighted by Crippen LogP contribution is -2.43. The van der Waals surface area contributed by atoms with E-state index in [1.54, 1.807) is 31.2 Å². The highest BCUT2D eigenvalue weighted by atomic mass is 19.1. The van der Waals surface area contributed by atoms with E-state index in [9.17, 15) is 9.65 Å². The first kappa shape index (κ1) is 18.9. The van der Waals surface area contributed by atoms with Crippen LogP contribution in [0.2, 0.25) is 0 Å². The quantitative estimate of drug-likeness (QED) is 0.854. The summed E-state index contributed by atoms with van der Waals surface area (Å²) in [6.07, 6.45) is 2.00. The van der Waals surface area contributed by atoms with Crippen LogP contribution in [0.1, 0.15) is 38.4 Å². The number of halogens is 1. The molecule has 0 saturated heterocycles. The van der Waals surface area contributed by atoms with Gasteiger partial charge in [0.25, 0.3) is 0 Å². The van der Waals surface area contributed by atoms with Gasteiger partial charge in [-0.15, -0.1) is 0 Å². The van der Waals surface area contributed by atoms with Crippen molar-refractivity contribution in [2.24, 2.45) is 11.7 Å². The van der Waals surface area contributed by atoms with E-state index in [1.807, 2.05) is 6.92 Å². The second-order valence-electron chi connectivity index (χ2n) is 7.17. The Morgan fingerprint density at radius 1 is 1.36 bits per heavy atom. The van der Waals surface area contributed by atoms with Gasteiger partial charge < -0.3 is 10.5 Å². The van der Waals surface area contributed by atoms with Crippen molar-refractivity contribution >= 4 is 0 Å². The van der Waals surface area contributed by atoms with Crippen LogP contribution < -0.4 is 10.5 Å². The van der Waals surface area contributed by atoms with Crippen LogP contribution in [-0.2, 0) is 0 Å². The predicted octanol–water partition coefficient (Wildman–Crippen LogP) is 4.21. The molecule has 1 heterocycles. The van der Waals surface area contributed by atoms with Crippen molar-refractivity contribution in [3.8, 4) is 22.9 Å². The minimum absolute atomic E-state index is 0.307. The lowest BCUT2D eigenvalue weighted by molar-refractivity contribution is 0.206. The third kappa shape index (κ3) is 5.01. The van der Waals surface area contributed by atoms with Gasteiger partial charge in [-0.25, -0.2) is 4.39 Å². The Balaban J connectivity index is 2.26. The topological polar surface area (TPSA) is 71.9 Å². The lowest BCUT2D eigenvalue weighted by atomic mass is 9.93. The third-order valence-electron chi connectivity index (χ3n) is 3.84. The summed E-state index contributed by atoms with van der Waals surface area (Å²) in [6.45, 7) is 8.24. The number of nitrogens with zero attached hydrogens (tertiary/aromatic N) is 2. The predicted molar refractivity (Wildman–Crippen MR) is 96.6 cm³/mol. The number of rotatable bonds is 6. The van der Waals surface area contributed by atoms with Crippen LogP contribution in [0.5, 0.6) is 5.75 Å². The molecule has 2 rings (SSSR count). The van der Waals surface area contributed by atoms with E-state index in [0.29, 0.717) is 40.7 Å². The van der Waals surface area contributed by atoms with E-state index >= 15 is 0 Å². The number of pyridine rings is 1. The SMILES string of the molecule is Cc1cc(-c2ccc(OC[C@@](C)(N)CC(C)C)c(C#N)c2)c(F)cn1. The summed E-state index contributed by atoms with van der Waals surface area (Å²) in [5.74, 6) is 0.488. The molecule has 132 valence electrons. The van der Waals surface area contributed by atoms with Crippen molar-refractivity contribution in [2.45, 2.75) is 39.7 Å². The lowest BCUT2D eigenvalue weighted by Gasteiger charge is -2.26. The highest BCUT2D eigenvalue weighted by molar-refractivity contribution is 5.68. The van der Waals surface area contributed by atoms with E-state index in [0.717, 1.165) is 6.42 Å². The summed E-state index contributed by atoms with van der Waals surface area (Å²) in [5.41, 5.74) is 7.87. The van der Waals surface area contributed by atoms with Crippen LogP contribution in [0.3, 0.4) is 0 Å². The van der Waals surface area contributed by atoms with Crippen molar-refractivity contribution in [2.75, 3.05) is 6.61 Å². The number of hydrogen-bond donors (Lipinski definition) is 1. The van der Waals surface area contributed by atoms with Crippen molar-refractivity contribution in [3.05, 3.63) is 47.5 Å². The third-order valence-corrected chi connectivity index (χ3v) is 3.84. The molecule has 1 atom stereocenters. The van der Waals surface area contributed by atoms with Crippen molar-refractivity contribution in [1.82, 2.24) is 4.98 Å².